The standard InChI is InChI=1S/C25H27FN6O6S/c1-14-20-22(34)31(17-6-7-27-21(17)33)25(35)30(24(20)39-23(14)32-28-8-9-29-32)13-19(38-11-10-36-2)16-12-15(26)4-5-18(16)37-3/h4-5,8-9,12,17,19H,6-7,10-11,13H2,1-3H3,(H,27,33)/t17?,19-/m0/s1. The van der Waals surface area contributed by atoms with Crippen LogP contribution in [0.5, 0.6) is 5.75 Å². The van der Waals surface area contributed by atoms with Gasteiger partial charge in [0.1, 0.15) is 33.5 Å². The van der Waals surface area contributed by atoms with Crippen molar-refractivity contribution in [3.05, 3.63) is 68.4 Å². The van der Waals surface area contributed by atoms with E-state index >= 15 is 0 Å². The summed E-state index contributed by atoms with van der Waals surface area (Å²) < 4.78 is 33.4. The molecule has 14 heteroatoms. The highest BCUT2D eigenvalue weighted by molar-refractivity contribution is 7.21. The number of aryl methyl sites for hydroxylation is 1. The number of halogens is 1. The van der Waals surface area contributed by atoms with Crippen molar-refractivity contribution < 1.29 is 23.4 Å². The van der Waals surface area contributed by atoms with Crippen LogP contribution >= 0.6 is 11.3 Å². The third-order valence-corrected chi connectivity index (χ3v) is 7.92. The molecule has 4 heterocycles. The number of rotatable bonds is 10. The lowest BCUT2D eigenvalue weighted by Crippen LogP contribution is -2.44. The highest BCUT2D eigenvalue weighted by Gasteiger charge is 2.33. The lowest BCUT2D eigenvalue weighted by molar-refractivity contribution is -0.122. The van der Waals surface area contributed by atoms with Gasteiger partial charge in [0, 0.05) is 24.8 Å². The van der Waals surface area contributed by atoms with E-state index in [4.69, 9.17) is 14.2 Å². The summed E-state index contributed by atoms with van der Waals surface area (Å²) in [6, 6.07) is 3.08. The zero-order valence-corrected chi connectivity index (χ0v) is 22.4. The molecular weight excluding hydrogens is 531 g/mol. The molecule has 1 N–H and O–H groups in total. The molecule has 1 aromatic carbocycles. The van der Waals surface area contributed by atoms with Crippen molar-refractivity contribution >= 4 is 27.5 Å². The van der Waals surface area contributed by atoms with Crippen molar-refractivity contribution in [1.29, 1.82) is 0 Å². The summed E-state index contributed by atoms with van der Waals surface area (Å²) in [5.41, 5.74) is -0.295. The maximum absolute atomic E-state index is 14.4. The number of thiophene rings is 1. The molecule has 0 radical (unpaired) electrons. The number of aromatic nitrogens is 5. The van der Waals surface area contributed by atoms with Crippen LogP contribution in [0.2, 0.25) is 0 Å². The predicted octanol–water partition coefficient (Wildman–Crippen LogP) is 1.73. The van der Waals surface area contributed by atoms with Gasteiger partial charge in [0.25, 0.3) is 5.56 Å². The van der Waals surface area contributed by atoms with Crippen molar-refractivity contribution in [2.45, 2.75) is 32.0 Å². The van der Waals surface area contributed by atoms with Crippen molar-refractivity contribution in [3.8, 4) is 10.8 Å². The monoisotopic (exact) mass is 558 g/mol. The van der Waals surface area contributed by atoms with Crippen LogP contribution in [0, 0.1) is 12.7 Å². The Morgan fingerprint density at radius 3 is 2.62 bits per heavy atom. The number of carbonyl (C=O) groups excluding carboxylic acids is 1. The number of hydrogen-bond acceptors (Lipinski definition) is 9. The van der Waals surface area contributed by atoms with Crippen LogP contribution in [-0.4, -0.2) is 64.0 Å². The first kappa shape index (κ1) is 26.7. The van der Waals surface area contributed by atoms with Crippen LogP contribution in [0.25, 0.3) is 15.2 Å². The molecule has 1 fully saturated rings. The van der Waals surface area contributed by atoms with Gasteiger partial charge in [-0.1, -0.05) is 11.3 Å². The molecule has 0 bridgehead atoms. The minimum atomic E-state index is -0.956. The molecule has 1 saturated heterocycles. The summed E-state index contributed by atoms with van der Waals surface area (Å²) in [6.07, 6.45) is 2.45. The third kappa shape index (κ3) is 4.86. The fraction of sp³-hybridized carbons (Fsp3) is 0.400. The lowest BCUT2D eigenvalue weighted by Gasteiger charge is -2.23. The lowest BCUT2D eigenvalue weighted by atomic mass is 10.1. The molecule has 0 saturated carbocycles. The van der Waals surface area contributed by atoms with Crippen molar-refractivity contribution in [2.24, 2.45) is 0 Å². The van der Waals surface area contributed by atoms with E-state index in [1.807, 2.05) is 0 Å². The van der Waals surface area contributed by atoms with E-state index in [0.717, 1.165) is 4.57 Å². The molecule has 5 rings (SSSR count). The van der Waals surface area contributed by atoms with E-state index < -0.39 is 35.1 Å². The minimum Gasteiger partial charge on any atom is -0.496 e. The quantitative estimate of drug-likeness (QED) is 0.291. The molecule has 0 aliphatic carbocycles. The van der Waals surface area contributed by atoms with E-state index in [1.54, 1.807) is 6.92 Å². The van der Waals surface area contributed by atoms with Crippen molar-refractivity contribution in [1.82, 2.24) is 29.4 Å². The van der Waals surface area contributed by atoms with E-state index in [9.17, 15) is 18.8 Å². The van der Waals surface area contributed by atoms with Crippen molar-refractivity contribution in [2.75, 3.05) is 34.0 Å². The smallest absolute Gasteiger partial charge is 0.332 e. The maximum Gasteiger partial charge on any atom is 0.332 e. The third-order valence-electron chi connectivity index (χ3n) is 6.64. The molecular formula is C25H27FN6O6S. The van der Waals surface area contributed by atoms with Crippen LogP contribution in [0.15, 0.2) is 40.2 Å². The molecule has 1 amide bonds. The molecule has 206 valence electrons. The molecule has 1 unspecified atom stereocenters. The molecule has 0 spiro atoms. The van der Waals surface area contributed by atoms with Gasteiger partial charge in [-0.2, -0.15) is 10.2 Å². The van der Waals surface area contributed by atoms with Crippen molar-refractivity contribution in [3.63, 3.8) is 0 Å². The Hall–Kier alpha value is -3.88. The molecule has 2 atom stereocenters. The number of amides is 1. The second kappa shape index (κ2) is 11.1. The second-order valence-electron chi connectivity index (χ2n) is 8.93. The van der Waals surface area contributed by atoms with Gasteiger partial charge < -0.3 is 19.5 Å². The van der Waals surface area contributed by atoms with Gasteiger partial charge in [0.2, 0.25) is 5.91 Å². The van der Waals surface area contributed by atoms with Gasteiger partial charge in [-0.05, 0) is 31.5 Å². The number of fused-ring (bicyclic) bond motifs is 1. The second-order valence-corrected chi connectivity index (χ2v) is 9.91. The summed E-state index contributed by atoms with van der Waals surface area (Å²) in [4.78, 5) is 42.1. The highest BCUT2D eigenvalue weighted by Crippen LogP contribution is 2.34. The van der Waals surface area contributed by atoms with E-state index in [2.05, 4.69) is 15.5 Å². The molecule has 1 aliphatic rings. The van der Waals surface area contributed by atoms with Crippen LogP contribution < -0.4 is 21.3 Å². The highest BCUT2D eigenvalue weighted by atomic mass is 32.1. The Bertz CT molecular complexity index is 1630. The van der Waals surface area contributed by atoms with Gasteiger partial charge in [0.05, 0.1) is 44.6 Å². The summed E-state index contributed by atoms with van der Waals surface area (Å²) in [7, 11) is 2.98. The Kier molecular flexibility index (Phi) is 7.59. The molecule has 1 aliphatic heterocycles. The summed E-state index contributed by atoms with van der Waals surface area (Å²) in [5, 5.41) is 11.9. The van der Waals surface area contributed by atoms with Gasteiger partial charge in [-0.15, -0.1) is 4.80 Å². The Labute approximate surface area is 225 Å². The SMILES string of the molecule is COCCO[C@@H](Cn1c(=O)n(C2CCNC2=O)c(=O)c2c(C)c(-n3nccn3)sc21)c1cc(F)ccc1OC. The van der Waals surface area contributed by atoms with Crippen LogP contribution in [0.4, 0.5) is 4.39 Å². The van der Waals surface area contributed by atoms with Gasteiger partial charge >= 0.3 is 5.69 Å². The topological polar surface area (TPSA) is 132 Å². The number of nitrogens with zero attached hydrogens (tertiary/aromatic N) is 5. The Balaban J connectivity index is 1.74. The van der Waals surface area contributed by atoms with Crippen LogP contribution in [0.3, 0.4) is 0 Å². The Morgan fingerprint density at radius 1 is 1.18 bits per heavy atom. The molecule has 12 nitrogen and oxygen atoms in total. The first-order chi connectivity index (χ1) is 18.8. The fourth-order valence-corrected chi connectivity index (χ4v) is 5.98. The molecule has 4 aromatic rings. The Morgan fingerprint density at radius 2 is 1.95 bits per heavy atom. The fourth-order valence-electron chi connectivity index (χ4n) is 4.76. The van der Waals surface area contributed by atoms with Gasteiger partial charge in [-0.3, -0.25) is 14.2 Å². The van der Waals surface area contributed by atoms with Gasteiger partial charge in [-0.25, -0.2) is 13.8 Å². The normalized spacial score (nSPS) is 16.1. The van der Waals surface area contributed by atoms with Gasteiger partial charge in [0.15, 0.2) is 0 Å². The number of hydrogen-bond donors (Lipinski definition) is 1. The van der Waals surface area contributed by atoms with Crippen LogP contribution in [0.1, 0.15) is 29.7 Å². The summed E-state index contributed by atoms with van der Waals surface area (Å²) in [6.45, 7) is 2.40. The maximum atomic E-state index is 14.4. The number of methoxy groups -OCH3 is 2. The molecule has 3 aromatic heterocycles. The number of carbonyl (C=O) groups is 1. The average Bonchev–Trinajstić information content (AvgIpc) is 3.67. The predicted molar refractivity (Wildman–Crippen MR) is 140 cm³/mol. The van der Waals surface area contributed by atoms with E-state index in [1.165, 1.54) is 65.5 Å². The number of ether oxygens (including phenoxy) is 3. The number of nitrogens with one attached hydrogen (secondary N) is 1. The minimum absolute atomic E-state index is 0.0978. The average molecular weight is 559 g/mol. The molecule has 39 heavy (non-hydrogen) atoms. The zero-order chi connectivity index (χ0) is 27.7. The summed E-state index contributed by atoms with van der Waals surface area (Å²) >= 11 is 1.17. The first-order valence-electron chi connectivity index (χ1n) is 12.2. The first-order valence-corrected chi connectivity index (χ1v) is 13.0. The van der Waals surface area contributed by atoms with E-state index in [0.29, 0.717) is 39.7 Å². The summed E-state index contributed by atoms with van der Waals surface area (Å²) in [5.74, 6) is -0.535. The van der Waals surface area contributed by atoms with E-state index in [-0.39, 0.29) is 25.1 Å². The number of benzene rings is 1. The van der Waals surface area contributed by atoms with Crippen LogP contribution in [-0.2, 0) is 20.8 Å². The largest absolute Gasteiger partial charge is 0.496 e. The zero-order valence-electron chi connectivity index (χ0n) is 21.5.